The van der Waals surface area contributed by atoms with E-state index in [2.05, 4.69) is 24.4 Å². The summed E-state index contributed by atoms with van der Waals surface area (Å²) in [7, 11) is 0. The smallest absolute Gasteiger partial charge is 0.0975 e. The Labute approximate surface area is 135 Å². The first kappa shape index (κ1) is 15.0. The number of benzene rings is 1. The van der Waals surface area contributed by atoms with Crippen LogP contribution in [0.25, 0.3) is 0 Å². The van der Waals surface area contributed by atoms with Crippen molar-refractivity contribution >= 4 is 22.9 Å². The number of aryl methyl sites for hydroxylation is 1. The molecule has 1 unspecified atom stereocenters. The number of nitrogens with one attached hydrogen (secondary N) is 1. The number of hydrogen-bond acceptors (Lipinski definition) is 3. The quantitative estimate of drug-likeness (QED) is 0.882. The van der Waals surface area contributed by atoms with Crippen LogP contribution in [-0.4, -0.2) is 18.1 Å². The second kappa shape index (κ2) is 6.91. The molecule has 0 fully saturated rings. The fraction of sp³-hybridized carbons (Fsp3) is 0.471. The summed E-state index contributed by atoms with van der Waals surface area (Å²) in [5.41, 5.74) is 2.64. The van der Waals surface area contributed by atoms with Gasteiger partial charge >= 0.3 is 0 Å². The Hall–Kier alpha value is -0.900. The van der Waals surface area contributed by atoms with E-state index in [9.17, 15) is 0 Å². The lowest BCUT2D eigenvalue weighted by Gasteiger charge is -2.21. The molecular weight excluding hydrogens is 300 g/mol. The molecule has 1 aromatic heterocycles. The van der Waals surface area contributed by atoms with Crippen LogP contribution in [0, 0.1) is 0 Å². The van der Waals surface area contributed by atoms with Crippen molar-refractivity contribution in [2.45, 2.75) is 38.5 Å². The van der Waals surface area contributed by atoms with Crippen molar-refractivity contribution in [2.24, 2.45) is 0 Å². The molecule has 1 N–H and O–H groups in total. The van der Waals surface area contributed by atoms with Crippen LogP contribution in [-0.2, 0) is 12.8 Å². The molecule has 1 aliphatic carbocycles. The van der Waals surface area contributed by atoms with Crippen LogP contribution in [0.1, 0.15) is 46.8 Å². The van der Waals surface area contributed by atoms with Gasteiger partial charge in [0.1, 0.15) is 0 Å². The number of likely N-dealkylation sites (N-methyl/N-ethyl adjacent to an activating group) is 1. The molecule has 0 saturated heterocycles. The van der Waals surface area contributed by atoms with E-state index in [1.54, 1.807) is 0 Å². The van der Waals surface area contributed by atoms with Gasteiger partial charge in [-0.05, 0) is 43.5 Å². The summed E-state index contributed by atoms with van der Waals surface area (Å²) in [5.74, 6) is 0.601. The SMILES string of the molecule is CCNCC1CCCc2sc(Cc3ccc(Cl)cc3)nc21. The first-order chi connectivity index (χ1) is 10.3. The fourth-order valence-corrected chi connectivity index (χ4v) is 4.28. The molecule has 0 radical (unpaired) electrons. The topological polar surface area (TPSA) is 24.9 Å². The van der Waals surface area contributed by atoms with E-state index in [-0.39, 0.29) is 0 Å². The Morgan fingerprint density at radius 2 is 2.14 bits per heavy atom. The van der Waals surface area contributed by atoms with Crippen molar-refractivity contribution in [2.75, 3.05) is 13.1 Å². The van der Waals surface area contributed by atoms with Crippen LogP contribution in [0.4, 0.5) is 0 Å². The van der Waals surface area contributed by atoms with Crippen LogP contribution in [0.5, 0.6) is 0 Å². The minimum absolute atomic E-state index is 0.601. The Bertz CT molecular complexity index is 591. The van der Waals surface area contributed by atoms with Crippen LogP contribution >= 0.6 is 22.9 Å². The third kappa shape index (κ3) is 3.65. The minimum Gasteiger partial charge on any atom is -0.316 e. The molecule has 4 heteroatoms. The molecule has 1 aliphatic rings. The van der Waals surface area contributed by atoms with Gasteiger partial charge in [-0.2, -0.15) is 0 Å². The van der Waals surface area contributed by atoms with Gasteiger partial charge in [-0.1, -0.05) is 30.7 Å². The maximum atomic E-state index is 5.94. The summed E-state index contributed by atoms with van der Waals surface area (Å²) < 4.78 is 0. The second-order valence-corrected chi connectivity index (χ2v) is 7.22. The maximum absolute atomic E-state index is 5.94. The molecule has 0 saturated carbocycles. The number of thiazole rings is 1. The van der Waals surface area contributed by atoms with Crippen LogP contribution < -0.4 is 5.32 Å². The Morgan fingerprint density at radius 3 is 2.90 bits per heavy atom. The highest BCUT2D eigenvalue weighted by Crippen LogP contribution is 2.35. The van der Waals surface area contributed by atoms with E-state index >= 15 is 0 Å². The normalized spacial score (nSPS) is 17.7. The fourth-order valence-electron chi connectivity index (χ4n) is 2.93. The third-order valence-corrected chi connectivity index (χ3v) is 5.41. The van der Waals surface area contributed by atoms with E-state index in [1.807, 2.05) is 23.5 Å². The molecule has 112 valence electrons. The highest BCUT2D eigenvalue weighted by molar-refractivity contribution is 7.11. The van der Waals surface area contributed by atoms with Crippen molar-refractivity contribution in [3.05, 3.63) is 50.4 Å². The van der Waals surface area contributed by atoms with Gasteiger partial charge in [0.05, 0.1) is 10.7 Å². The summed E-state index contributed by atoms with van der Waals surface area (Å²) in [5, 5.41) is 5.51. The summed E-state index contributed by atoms with van der Waals surface area (Å²) in [6.45, 7) is 4.26. The number of nitrogens with zero attached hydrogens (tertiary/aromatic N) is 1. The number of aromatic nitrogens is 1. The van der Waals surface area contributed by atoms with E-state index < -0.39 is 0 Å². The zero-order valence-electron chi connectivity index (χ0n) is 12.4. The molecule has 2 nitrogen and oxygen atoms in total. The molecule has 1 heterocycles. The maximum Gasteiger partial charge on any atom is 0.0975 e. The largest absolute Gasteiger partial charge is 0.316 e. The molecule has 1 atom stereocenters. The minimum atomic E-state index is 0.601. The third-order valence-electron chi connectivity index (χ3n) is 4.02. The van der Waals surface area contributed by atoms with E-state index in [1.165, 1.54) is 40.4 Å². The van der Waals surface area contributed by atoms with Crippen molar-refractivity contribution in [1.82, 2.24) is 10.3 Å². The standard InChI is InChI=1S/C17H21ClN2S/c1-2-19-11-13-4-3-5-15-17(13)20-16(21-15)10-12-6-8-14(18)9-7-12/h6-9,13,19H,2-5,10-11H2,1H3. The van der Waals surface area contributed by atoms with Gasteiger partial charge in [0, 0.05) is 28.8 Å². The van der Waals surface area contributed by atoms with E-state index in [0.717, 1.165) is 24.5 Å². The van der Waals surface area contributed by atoms with Crippen LogP contribution in [0.3, 0.4) is 0 Å². The Kier molecular flexibility index (Phi) is 4.94. The van der Waals surface area contributed by atoms with Crippen molar-refractivity contribution < 1.29 is 0 Å². The average Bonchev–Trinajstić information content (AvgIpc) is 2.90. The molecule has 0 spiro atoms. The molecule has 0 aliphatic heterocycles. The van der Waals surface area contributed by atoms with Gasteiger partial charge in [-0.15, -0.1) is 11.3 Å². The number of fused-ring (bicyclic) bond motifs is 1. The number of rotatable bonds is 5. The molecule has 21 heavy (non-hydrogen) atoms. The summed E-state index contributed by atoms with van der Waals surface area (Å²) in [6, 6.07) is 8.11. The molecule has 3 rings (SSSR count). The average molecular weight is 321 g/mol. The Morgan fingerprint density at radius 1 is 1.33 bits per heavy atom. The highest BCUT2D eigenvalue weighted by atomic mass is 35.5. The predicted octanol–water partition coefficient (Wildman–Crippen LogP) is 4.42. The number of hydrogen-bond donors (Lipinski definition) is 1. The number of halogens is 1. The van der Waals surface area contributed by atoms with Crippen LogP contribution in [0.2, 0.25) is 5.02 Å². The monoisotopic (exact) mass is 320 g/mol. The van der Waals surface area contributed by atoms with Gasteiger partial charge in [-0.25, -0.2) is 4.98 Å². The highest BCUT2D eigenvalue weighted by Gasteiger charge is 2.24. The van der Waals surface area contributed by atoms with Gasteiger partial charge in [0.2, 0.25) is 0 Å². The molecule has 0 bridgehead atoms. The van der Waals surface area contributed by atoms with Gasteiger partial charge < -0.3 is 5.32 Å². The zero-order valence-corrected chi connectivity index (χ0v) is 13.9. The molecule has 0 amide bonds. The van der Waals surface area contributed by atoms with Gasteiger partial charge in [0.25, 0.3) is 0 Å². The summed E-state index contributed by atoms with van der Waals surface area (Å²) in [6.07, 6.45) is 4.69. The zero-order chi connectivity index (χ0) is 14.7. The molecule has 1 aromatic carbocycles. The summed E-state index contributed by atoms with van der Waals surface area (Å²) in [4.78, 5) is 6.46. The lowest BCUT2D eigenvalue weighted by atomic mass is 9.91. The molecular formula is C17H21ClN2S. The lowest BCUT2D eigenvalue weighted by Crippen LogP contribution is -2.24. The van der Waals surface area contributed by atoms with E-state index in [4.69, 9.17) is 16.6 Å². The summed E-state index contributed by atoms with van der Waals surface area (Å²) >= 11 is 7.84. The van der Waals surface area contributed by atoms with Crippen molar-refractivity contribution in [3.8, 4) is 0 Å². The van der Waals surface area contributed by atoms with Gasteiger partial charge in [-0.3, -0.25) is 0 Å². The molecule has 2 aromatic rings. The van der Waals surface area contributed by atoms with Crippen LogP contribution in [0.15, 0.2) is 24.3 Å². The predicted molar refractivity (Wildman–Crippen MR) is 90.6 cm³/mol. The van der Waals surface area contributed by atoms with Gasteiger partial charge in [0.15, 0.2) is 0 Å². The Balaban J connectivity index is 1.76. The lowest BCUT2D eigenvalue weighted by molar-refractivity contribution is 0.508. The second-order valence-electron chi connectivity index (χ2n) is 5.62. The first-order valence-electron chi connectivity index (χ1n) is 7.70. The van der Waals surface area contributed by atoms with Crippen molar-refractivity contribution in [3.63, 3.8) is 0 Å². The van der Waals surface area contributed by atoms with E-state index in [0.29, 0.717) is 5.92 Å². The van der Waals surface area contributed by atoms with Crippen molar-refractivity contribution in [1.29, 1.82) is 0 Å². The first-order valence-corrected chi connectivity index (χ1v) is 8.89.